The SMILES string of the molecule is COc1cc(-c2c3c(nc4cc5c(cc24)CCC5)COC3=O)cc2c1OCO2. The van der Waals surface area contributed by atoms with Crippen LogP contribution in [0.1, 0.15) is 33.6 Å². The van der Waals surface area contributed by atoms with E-state index in [0.717, 1.165) is 41.3 Å². The minimum atomic E-state index is -0.337. The van der Waals surface area contributed by atoms with Gasteiger partial charge in [0.2, 0.25) is 12.5 Å². The van der Waals surface area contributed by atoms with Crippen LogP contribution >= 0.6 is 0 Å². The maximum Gasteiger partial charge on any atom is 0.341 e. The molecule has 0 amide bonds. The summed E-state index contributed by atoms with van der Waals surface area (Å²) in [7, 11) is 1.59. The summed E-state index contributed by atoms with van der Waals surface area (Å²) in [5.41, 5.74) is 6.45. The second-order valence-corrected chi connectivity index (χ2v) is 7.29. The highest BCUT2D eigenvalue weighted by atomic mass is 16.7. The zero-order valence-electron chi connectivity index (χ0n) is 15.3. The van der Waals surface area contributed by atoms with E-state index in [1.165, 1.54) is 11.1 Å². The van der Waals surface area contributed by atoms with Gasteiger partial charge in [-0.1, -0.05) is 0 Å². The number of aromatic nitrogens is 1. The fourth-order valence-corrected chi connectivity index (χ4v) is 4.49. The van der Waals surface area contributed by atoms with Crippen molar-refractivity contribution in [2.75, 3.05) is 13.9 Å². The number of carbonyl (C=O) groups excluding carboxylic acids is 1. The molecule has 1 aromatic heterocycles. The van der Waals surface area contributed by atoms with Crippen molar-refractivity contribution in [3.63, 3.8) is 0 Å². The highest BCUT2D eigenvalue weighted by molar-refractivity contribution is 6.09. The van der Waals surface area contributed by atoms with Crippen LogP contribution in [-0.4, -0.2) is 24.9 Å². The molecule has 0 saturated heterocycles. The van der Waals surface area contributed by atoms with Crippen LogP contribution in [0.25, 0.3) is 22.0 Å². The molecule has 140 valence electrons. The summed E-state index contributed by atoms with van der Waals surface area (Å²) >= 11 is 0. The van der Waals surface area contributed by atoms with Crippen molar-refractivity contribution in [1.29, 1.82) is 0 Å². The van der Waals surface area contributed by atoms with Crippen molar-refractivity contribution < 1.29 is 23.7 Å². The van der Waals surface area contributed by atoms with Crippen molar-refractivity contribution in [2.24, 2.45) is 0 Å². The molecule has 6 nitrogen and oxygen atoms in total. The lowest BCUT2D eigenvalue weighted by molar-refractivity contribution is 0.0534. The first kappa shape index (κ1) is 15.7. The molecule has 0 unspecified atom stereocenters. The van der Waals surface area contributed by atoms with E-state index in [2.05, 4.69) is 12.1 Å². The van der Waals surface area contributed by atoms with Gasteiger partial charge in [-0.2, -0.15) is 0 Å². The number of hydrogen-bond acceptors (Lipinski definition) is 6. The van der Waals surface area contributed by atoms with E-state index < -0.39 is 0 Å². The van der Waals surface area contributed by atoms with Gasteiger partial charge in [0.25, 0.3) is 0 Å². The Bertz CT molecular complexity index is 1180. The van der Waals surface area contributed by atoms with Gasteiger partial charge in [0.1, 0.15) is 6.61 Å². The lowest BCUT2D eigenvalue weighted by atomic mass is 9.92. The van der Waals surface area contributed by atoms with Gasteiger partial charge >= 0.3 is 5.97 Å². The lowest BCUT2D eigenvalue weighted by Gasteiger charge is -2.14. The second-order valence-electron chi connectivity index (χ2n) is 7.29. The number of ether oxygens (including phenoxy) is 4. The standard InChI is InChI=1S/C22H17NO5/c1-25-17-7-13(8-18-21(17)28-10-27-18)19-14-5-11-3-2-4-12(11)6-15(14)23-16-9-26-22(24)20(16)19/h5-8H,2-4,9-10H2,1H3. The summed E-state index contributed by atoms with van der Waals surface area (Å²) in [5.74, 6) is 1.44. The third kappa shape index (κ3) is 2.08. The molecule has 0 spiro atoms. The van der Waals surface area contributed by atoms with Crippen molar-refractivity contribution in [3.8, 4) is 28.4 Å². The number of esters is 1. The Kier molecular flexibility index (Phi) is 3.15. The Morgan fingerprint density at radius 2 is 1.86 bits per heavy atom. The van der Waals surface area contributed by atoms with E-state index in [4.69, 9.17) is 23.9 Å². The topological polar surface area (TPSA) is 66.9 Å². The van der Waals surface area contributed by atoms with Gasteiger partial charge in [0.15, 0.2) is 11.5 Å². The average molecular weight is 375 g/mol. The van der Waals surface area contributed by atoms with Crippen LogP contribution in [0.15, 0.2) is 24.3 Å². The number of fused-ring (bicyclic) bond motifs is 4. The molecule has 6 heteroatoms. The molecule has 0 N–H and O–H groups in total. The zero-order chi connectivity index (χ0) is 18.8. The summed E-state index contributed by atoms with van der Waals surface area (Å²) in [4.78, 5) is 17.3. The van der Waals surface area contributed by atoms with Crippen molar-refractivity contribution in [3.05, 3.63) is 46.6 Å². The monoisotopic (exact) mass is 375 g/mol. The van der Waals surface area contributed by atoms with Gasteiger partial charge in [-0.3, -0.25) is 0 Å². The van der Waals surface area contributed by atoms with Crippen LogP contribution in [0.2, 0.25) is 0 Å². The first-order chi connectivity index (χ1) is 13.7. The predicted octanol–water partition coefficient (Wildman–Crippen LogP) is 3.80. The number of cyclic esters (lactones) is 1. The van der Waals surface area contributed by atoms with E-state index in [-0.39, 0.29) is 19.4 Å². The quantitative estimate of drug-likeness (QED) is 0.635. The van der Waals surface area contributed by atoms with Gasteiger partial charge in [-0.15, -0.1) is 0 Å². The van der Waals surface area contributed by atoms with Crippen molar-refractivity contribution in [1.82, 2.24) is 4.98 Å². The second kappa shape index (κ2) is 5.61. The van der Waals surface area contributed by atoms with E-state index in [0.29, 0.717) is 28.5 Å². The summed E-state index contributed by atoms with van der Waals surface area (Å²) in [6, 6.07) is 8.14. The van der Waals surface area contributed by atoms with E-state index in [1.807, 2.05) is 12.1 Å². The summed E-state index contributed by atoms with van der Waals surface area (Å²) in [6.07, 6.45) is 3.28. The highest BCUT2D eigenvalue weighted by Crippen LogP contribution is 2.47. The number of carbonyl (C=O) groups is 1. The van der Waals surface area contributed by atoms with Gasteiger partial charge in [0.05, 0.1) is 23.9 Å². The lowest BCUT2D eigenvalue weighted by Crippen LogP contribution is -2.01. The fraction of sp³-hybridized carbons (Fsp3) is 0.273. The molecular weight excluding hydrogens is 358 g/mol. The normalized spacial score (nSPS) is 16.2. The molecule has 0 atom stereocenters. The van der Waals surface area contributed by atoms with E-state index in [1.54, 1.807) is 7.11 Å². The largest absolute Gasteiger partial charge is 0.493 e. The van der Waals surface area contributed by atoms with Crippen LogP contribution in [0.5, 0.6) is 17.2 Å². The van der Waals surface area contributed by atoms with E-state index >= 15 is 0 Å². The maximum absolute atomic E-state index is 12.6. The fourth-order valence-electron chi connectivity index (χ4n) is 4.49. The van der Waals surface area contributed by atoms with Crippen molar-refractivity contribution >= 4 is 16.9 Å². The Morgan fingerprint density at radius 1 is 1.00 bits per heavy atom. The van der Waals surface area contributed by atoms with Crippen LogP contribution in [0.3, 0.4) is 0 Å². The minimum Gasteiger partial charge on any atom is -0.493 e. The Hall–Kier alpha value is -3.28. The molecule has 3 aromatic rings. The molecule has 1 aliphatic carbocycles. The summed E-state index contributed by atoms with van der Waals surface area (Å²) in [6.45, 7) is 0.357. The number of methoxy groups -OCH3 is 1. The van der Waals surface area contributed by atoms with Crippen LogP contribution < -0.4 is 14.2 Å². The zero-order valence-corrected chi connectivity index (χ0v) is 15.3. The number of aryl methyl sites for hydroxylation is 2. The molecule has 3 heterocycles. The van der Waals surface area contributed by atoms with Gasteiger partial charge in [-0.25, -0.2) is 9.78 Å². The number of hydrogen-bond donors (Lipinski definition) is 0. The Morgan fingerprint density at radius 3 is 2.71 bits per heavy atom. The number of nitrogens with zero attached hydrogens (tertiary/aromatic N) is 1. The molecule has 3 aliphatic rings. The van der Waals surface area contributed by atoms with Gasteiger partial charge in [0, 0.05) is 10.9 Å². The average Bonchev–Trinajstić information content (AvgIpc) is 3.43. The third-order valence-corrected chi connectivity index (χ3v) is 5.76. The van der Waals surface area contributed by atoms with Gasteiger partial charge < -0.3 is 18.9 Å². The Labute approximate surface area is 161 Å². The molecule has 6 rings (SSSR count). The minimum absolute atomic E-state index is 0.153. The molecular formula is C22H17NO5. The molecule has 2 aliphatic heterocycles. The van der Waals surface area contributed by atoms with Crippen molar-refractivity contribution in [2.45, 2.75) is 25.9 Å². The highest BCUT2D eigenvalue weighted by Gasteiger charge is 2.31. The van der Waals surface area contributed by atoms with E-state index in [9.17, 15) is 4.79 Å². The molecule has 0 bridgehead atoms. The number of pyridine rings is 1. The first-order valence-corrected chi connectivity index (χ1v) is 9.36. The van der Waals surface area contributed by atoms with Crippen LogP contribution in [-0.2, 0) is 24.2 Å². The van der Waals surface area contributed by atoms with Gasteiger partial charge in [-0.05, 0) is 60.2 Å². The Balaban J connectivity index is 1.71. The smallest absolute Gasteiger partial charge is 0.341 e. The summed E-state index contributed by atoms with van der Waals surface area (Å²) < 4.78 is 22.0. The first-order valence-electron chi connectivity index (χ1n) is 9.36. The molecule has 0 fully saturated rings. The maximum atomic E-state index is 12.6. The third-order valence-electron chi connectivity index (χ3n) is 5.76. The molecule has 2 aromatic carbocycles. The number of benzene rings is 2. The molecule has 0 saturated carbocycles. The van der Waals surface area contributed by atoms with Crippen LogP contribution in [0, 0.1) is 0 Å². The molecule has 0 radical (unpaired) electrons. The molecule has 28 heavy (non-hydrogen) atoms. The summed E-state index contributed by atoms with van der Waals surface area (Å²) in [5, 5.41) is 0.958. The predicted molar refractivity (Wildman–Crippen MR) is 101 cm³/mol. The number of rotatable bonds is 2. The van der Waals surface area contributed by atoms with Crippen LogP contribution in [0.4, 0.5) is 0 Å².